The Hall–Kier alpha value is -0.770. The van der Waals surface area contributed by atoms with Crippen LogP contribution in [0, 0.1) is 5.92 Å². The topological polar surface area (TPSA) is 41.6 Å². The molecule has 0 unspecified atom stereocenters. The van der Waals surface area contributed by atoms with Crippen molar-refractivity contribution in [2.45, 2.75) is 19.3 Å². The minimum Gasteiger partial charge on any atom is -0.381 e. The third-order valence-corrected chi connectivity index (χ3v) is 2.20. The van der Waals surface area contributed by atoms with E-state index in [1.165, 1.54) is 17.7 Å². The second-order valence-electron chi connectivity index (χ2n) is 4.00. The molecule has 1 N–H and O–H groups in total. The highest BCUT2D eigenvalue weighted by Crippen LogP contribution is 2.28. The van der Waals surface area contributed by atoms with E-state index in [2.05, 4.69) is 5.32 Å². The van der Waals surface area contributed by atoms with Crippen LogP contribution in [-0.4, -0.2) is 44.8 Å². The maximum atomic E-state index is 11.1. The Morgan fingerprint density at radius 3 is 2.79 bits per heavy atom. The number of carbonyl (C=O) groups is 1. The molecule has 1 fully saturated rings. The molecule has 0 bridgehead atoms. The molecular formula is C10H20N2O2. The molecule has 0 aromatic rings. The van der Waals surface area contributed by atoms with Gasteiger partial charge in [-0.15, -0.1) is 0 Å². The predicted molar refractivity (Wildman–Crippen MR) is 55.2 cm³/mol. The van der Waals surface area contributed by atoms with Crippen molar-refractivity contribution in [1.82, 2.24) is 10.2 Å². The van der Waals surface area contributed by atoms with Crippen LogP contribution in [0.25, 0.3) is 0 Å². The molecule has 14 heavy (non-hydrogen) atoms. The van der Waals surface area contributed by atoms with Crippen LogP contribution in [0.15, 0.2) is 0 Å². The lowest BCUT2D eigenvalue weighted by atomic mass is 10.4. The first-order valence-electron chi connectivity index (χ1n) is 5.23. The van der Waals surface area contributed by atoms with Crippen LogP contribution in [0.3, 0.4) is 0 Å². The van der Waals surface area contributed by atoms with Crippen LogP contribution in [0.1, 0.15) is 19.3 Å². The second-order valence-corrected chi connectivity index (χ2v) is 4.00. The number of hydrogen-bond acceptors (Lipinski definition) is 2. The van der Waals surface area contributed by atoms with Gasteiger partial charge in [-0.25, -0.2) is 4.79 Å². The molecule has 82 valence electrons. The quantitative estimate of drug-likeness (QED) is 0.652. The van der Waals surface area contributed by atoms with Gasteiger partial charge in [-0.3, -0.25) is 0 Å². The van der Waals surface area contributed by atoms with E-state index in [0.29, 0.717) is 6.54 Å². The SMILES string of the molecule is CN(C)C(=O)NCCCOCC1CC1. The first kappa shape index (κ1) is 11.3. The van der Waals surface area contributed by atoms with E-state index < -0.39 is 0 Å². The molecule has 0 radical (unpaired) electrons. The molecule has 0 heterocycles. The first-order chi connectivity index (χ1) is 6.70. The van der Waals surface area contributed by atoms with E-state index >= 15 is 0 Å². The fourth-order valence-corrected chi connectivity index (χ4v) is 1.06. The van der Waals surface area contributed by atoms with Crippen LogP contribution in [0.4, 0.5) is 4.79 Å². The van der Waals surface area contributed by atoms with Crippen LogP contribution in [0.5, 0.6) is 0 Å². The highest BCUT2D eigenvalue weighted by Gasteiger charge is 2.20. The Morgan fingerprint density at radius 1 is 1.50 bits per heavy atom. The third kappa shape index (κ3) is 5.07. The number of ether oxygens (including phenoxy) is 1. The zero-order chi connectivity index (χ0) is 10.4. The summed E-state index contributed by atoms with van der Waals surface area (Å²) in [5, 5.41) is 2.79. The van der Waals surface area contributed by atoms with Crippen molar-refractivity contribution in [1.29, 1.82) is 0 Å². The largest absolute Gasteiger partial charge is 0.381 e. The summed E-state index contributed by atoms with van der Waals surface area (Å²) in [7, 11) is 3.47. The van der Waals surface area contributed by atoms with E-state index in [1.54, 1.807) is 14.1 Å². The molecule has 1 aliphatic carbocycles. The number of hydrogen-bond donors (Lipinski definition) is 1. The molecule has 0 aromatic heterocycles. The average molecular weight is 200 g/mol. The Kier molecular flexibility index (Phi) is 4.73. The summed E-state index contributed by atoms with van der Waals surface area (Å²) in [5.41, 5.74) is 0. The van der Waals surface area contributed by atoms with Crippen LogP contribution in [-0.2, 0) is 4.74 Å². The second kappa shape index (κ2) is 5.86. The maximum absolute atomic E-state index is 11.1. The highest BCUT2D eigenvalue weighted by atomic mass is 16.5. The van der Waals surface area contributed by atoms with E-state index in [1.807, 2.05) is 0 Å². The molecular weight excluding hydrogens is 180 g/mol. The molecule has 0 aliphatic heterocycles. The zero-order valence-electron chi connectivity index (χ0n) is 9.08. The van der Waals surface area contributed by atoms with Crippen LogP contribution in [0.2, 0.25) is 0 Å². The van der Waals surface area contributed by atoms with Crippen molar-refractivity contribution in [3.63, 3.8) is 0 Å². The summed E-state index contributed by atoms with van der Waals surface area (Å²) in [6.45, 7) is 2.35. The third-order valence-electron chi connectivity index (χ3n) is 2.20. The Bertz CT molecular complexity index is 179. The van der Waals surface area contributed by atoms with Crippen molar-refractivity contribution in [3.8, 4) is 0 Å². The molecule has 0 aromatic carbocycles. The predicted octanol–water partition coefficient (Wildman–Crippen LogP) is 1.07. The van der Waals surface area contributed by atoms with Crippen LogP contribution >= 0.6 is 0 Å². The van der Waals surface area contributed by atoms with E-state index in [9.17, 15) is 4.79 Å². The molecule has 4 heteroatoms. The molecule has 1 saturated carbocycles. The minimum atomic E-state index is -0.0350. The summed E-state index contributed by atoms with van der Waals surface area (Å²) >= 11 is 0. The van der Waals surface area contributed by atoms with Gasteiger partial charge in [-0.05, 0) is 25.2 Å². The minimum absolute atomic E-state index is 0.0350. The summed E-state index contributed by atoms with van der Waals surface area (Å²) in [4.78, 5) is 12.6. The van der Waals surface area contributed by atoms with Crippen LogP contribution < -0.4 is 5.32 Å². The van der Waals surface area contributed by atoms with Gasteiger partial charge >= 0.3 is 6.03 Å². The lowest BCUT2D eigenvalue weighted by molar-refractivity contribution is 0.122. The van der Waals surface area contributed by atoms with E-state index in [-0.39, 0.29) is 6.03 Å². The van der Waals surface area contributed by atoms with Crippen molar-refractivity contribution in [3.05, 3.63) is 0 Å². The zero-order valence-corrected chi connectivity index (χ0v) is 9.08. The lowest BCUT2D eigenvalue weighted by Crippen LogP contribution is -2.35. The van der Waals surface area contributed by atoms with Gasteiger partial charge in [0.2, 0.25) is 0 Å². The number of nitrogens with zero attached hydrogens (tertiary/aromatic N) is 1. The summed E-state index contributed by atoms with van der Waals surface area (Å²) in [5.74, 6) is 0.825. The smallest absolute Gasteiger partial charge is 0.316 e. The van der Waals surface area contributed by atoms with Gasteiger partial charge in [0.05, 0.1) is 0 Å². The van der Waals surface area contributed by atoms with Gasteiger partial charge in [-0.1, -0.05) is 0 Å². The highest BCUT2D eigenvalue weighted by molar-refractivity contribution is 5.73. The number of amides is 2. The fraction of sp³-hybridized carbons (Fsp3) is 0.900. The number of rotatable bonds is 6. The fourth-order valence-electron chi connectivity index (χ4n) is 1.06. The Labute approximate surface area is 85.6 Å². The van der Waals surface area contributed by atoms with Crippen molar-refractivity contribution < 1.29 is 9.53 Å². The van der Waals surface area contributed by atoms with Gasteiger partial charge in [0, 0.05) is 33.9 Å². The number of nitrogens with one attached hydrogen (secondary N) is 1. The Balaban J connectivity index is 1.81. The molecule has 0 atom stereocenters. The van der Waals surface area contributed by atoms with Gasteiger partial charge in [0.1, 0.15) is 0 Å². The molecule has 0 saturated heterocycles. The van der Waals surface area contributed by atoms with E-state index in [0.717, 1.165) is 25.6 Å². The molecule has 4 nitrogen and oxygen atoms in total. The summed E-state index contributed by atoms with van der Waals surface area (Å²) < 4.78 is 5.43. The lowest BCUT2D eigenvalue weighted by Gasteiger charge is -2.11. The van der Waals surface area contributed by atoms with Gasteiger partial charge in [0.15, 0.2) is 0 Å². The van der Waals surface area contributed by atoms with Crippen molar-refractivity contribution in [2.75, 3.05) is 33.9 Å². The number of carbonyl (C=O) groups excluding carboxylic acids is 1. The normalized spacial score (nSPS) is 15.3. The summed E-state index contributed by atoms with van der Waals surface area (Å²) in [6, 6.07) is -0.0350. The molecule has 1 rings (SSSR count). The van der Waals surface area contributed by atoms with Gasteiger partial charge in [0.25, 0.3) is 0 Å². The van der Waals surface area contributed by atoms with E-state index in [4.69, 9.17) is 4.74 Å². The standard InChI is InChI=1S/C10H20N2O2/c1-12(2)10(13)11-6-3-7-14-8-9-4-5-9/h9H,3-8H2,1-2H3,(H,11,13). The van der Waals surface area contributed by atoms with Crippen molar-refractivity contribution in [2.24, 2.45) is 5.92 Å². The maximum Gasteiger partial charge on any atom is 0.316 e. The molecule has 0 spiro atoms. The van der Waals surface area contributed by atoms with Crippen molar-refractivity contribution >= 4 is 6.03 Å². The summed E-state index contributed by atoms with van der Waals surface area (Å²) in [6.07, 6.45) is 3.56. The number of urea groups is 1. The van der Waals surface area contributed by atoms with Gasteiger partial charge in [-0.2, -0.15) is 0 Å². The monoisotopic (exact) mass is 200 g/mol. The molecule has 2 amide bonds. The average Bonchev–Trinajstić information content (AvgIpc) is 2.94. The first-order valence-corrected chi connectivity index (χ1v) is 5.23. The molecule has 1 aliphatic rings. The Morgan fingerprint density at radius 2 is 2.21 bits per heavy atom. The van der Waals surface area contributed by atoms with Gasteiger partial charge < -0.3 is 15.0 Å².